The topological polar surface area (TPSA) is 66.6 Å². The van der Waals surface area contributed by atoms with E-state index in [9.17, 15) is 9.90 Å². The summed E-state index contributed by atoms with van der Waals surface area (Å²) in [5.41, 5.74) is 6.53. The highest BCUT2D eigenvalue weighted by Crippen LogP contribution is 2.13. The second kappa shape index (κ2) is 6.25. The van der Waals surface area contributed by atoms with E-state index in [4.69, 9.17) is 5.73 Å². The Morgan fingerprint density at radius 2 is 2.24 bits per heavy atom. The van der Waals surface area contributed by atoms with Gasteiger partial charge < -0.3 is 15.7 Å². The van der Waals surface area contributed by atoms with E-state index in [2.05, 4.69) is 0 Å². The number of aromatic hydroxyl groups is 1. The predicted molar refractivity (Wildman–Crippen MR) is 67.5 cm³/mol. The summed E-state index contributed by atoms with van der Waals surface area (Å²) in [5, 5.41) is 9.32. The van der Waals surface area contributed by atoms with Crippen molar-refractivity contribution < 1.29 is 9.90 Å². The summed E-state index contributed by atoms with van der Waals surface area (Å²) in [6.07, 6.45) is 1.16. The lowest BCUT2D eigenvalue weighted by Gasteiger charge is -2.18. The molecule has 1 rings (SSSR count). The number of rotatable bonds is 5. The van der Waals surface area contributed by atoms with Gasteiger partial charge in [-0.2, -0.15) is 0 Å². The van der Waals surface area contributed by atoms with Gasteiger partial charge in [0.15, 0.2) is 0 Å². The Kier molecular flexibility index (Phi) is 4.97. The van der Waals surface area contributed by atoms with Crippen molar-refractivity contribution in [2.75, 3.05) is 7.05 Å². The highest BCUT2D eigenvalue weighted by atomic mass is 16.3. The van der Waals surface area contributed by atoms with Crippen LogP contribution in [0, 0.1) is 0 Å². The molecule has 0 aliphatic carbocycles. The smallest absolute Gasteiger partial charge is 0.222 e. The largest absolute Gasteiger partial charge is 0.508 e. The molecule has 0 fully saturated rings. The quantitative estimate of drug-likeness (QED) is 0.813. The van der Waals surface area contributed by atoms with Crippen LogP contribution in [0.25, 0.3) is 0 Å². The van der Waals surface area contributed by atoms with Crippen molar-refractivity contribution in [3.05, 3.63) is 29.8 Å². The molecule has 0 spiro atoms. The van der Waals surface area contributed by atoms with Crippen molar-refractivity contribution in [3.63, 3.8) is 0 Å². The molecule has 1 aromatic rings. The average Bonchev–Trinajstić information content (AvgIpc) is 2.25. The van der Waals surface area contributed by atoms with E-state index in [1.54, 1.807) is 30.1 Å². The zero-order chi connectivity index (χ0) is 12.8. The zero-order valence-corrected chi connectivity index (χ0v) is 10.4. The first kappa shape index (κ1) is 13.5. The van der Waals surface area contributed by atoms with Gasteiger partial charge in [0.05, 0.1) is 0 Å². The molecule has 1 aromatic carbocycles. The Hall–Kier alpha value is -1.55. The first-order chi connectivity index (χ1) is 7.99. The standard InChI is InChI=1S/C13H20N2O2/c1-10(14)6-7-13(17)15(2)9-11-4-3-5-12(16)8-11/h3-5,8,10,16H,6-7,9,14H2,1-2H3. The van der Waals surface area contributed by atoms with Crippen LogP contribution in [0.15, 0.2) is 24.3 Å². The monoisotopic (exact) mass is 236 g/mol. The Bertz CT molecular complexity index is 377. The summed E-state index contributed by atoms with van der Waals surface area (Å²) in [6, 6.07) is 6.98. The lowest BCUT2D eigenvalue weighted by molar-refractivity contribution is -0.130. The molecule has 0 aliphatic rings. The van der Waals surface area contributed by atoms with E-state index in [1.807, 2.05) is 13.0 Å². The minimum absolute atomic E-state index is 0.0492. The minimum atomic E-state index is 0.0492. The molecular formula is C13H20N2O2. The third kappa shape index (κ3) is 4.87. The van der Waals surface area contributed by atoms with E-state index >= 15 is 0 Å². The number of nitrogens with zero attached hydrogens (tertiary/aromatic N) is 1. The van der Waals surface area contributed by atoms with Crippen molar-refractivity contribution in [3.8, 4) is 5.75 Å². The second-order valence-electron chi connectivity index (χ2n) is 4.44. The van der Waals surface area contributed by atoms with Crippen molar-refractivity contribution in [2.24, 2.45) is 5.73 Å². The number of hydrogen-bond acceptors (Lipinski definition) is 3. The molecule has 4 heteroatoms. The van der Waals surface area contributed by atoms with E-state index < -0.39 is 0 Å². The lowest BCUT2D eigenvalue weighted by atomic mass is 10.1. The van der Waals surface area contributed by atoms with E-state index in [0.29, 0.717) is 19.4 Å². The lowest BCUT2D eigenvalue weighted by Crippen LogP contribution is -2.27. The molecule has 0 saturated carbocycles. The molecule has 3 N–H and O–H groups in total. The molecular weight excluding hydrogens is 216 g/mol. The molecule has 0 bridgehead atoms. The van der Waals surface area contributed by atoms with Gasteiger partial charge in [-0.3, -0.25) is 4.79 Å². The molecule has 0 aliphatic heterocycles. The van der Waals surface area contributed by atoms with Gasteiger partial charge in [-0.25, -0.2) is 0 Å². The first-order valence-corrected chi connectivity index (χ1v) is 5.76. The summed E-state index contributed by atoms with van der Waals surface area (Å²) in [7, 11) is 1.76. The number of benzene rings is 1. The van der Waals surface area contributed by atoms with Gasteiger partial charge in [-0.15, -0.1) is 0 Å². The van der Waals surface area contributed by atoms with Crippen LogP contribution in [0.5, 0.6) is 5.75 Å². The second-order valence-corrected chi connectivity index (χ2v) is 4.44. The molecule has 17 heavy (non-hydrogen) atoms. The van der Waals surface area contributed by atoms with Crippen LogP contribution in [0.2, 0.25) is 0 Å². The third-order valence-electron chi connectivity index (χ3n) is 2.57. The fourth-order valence-corrected chi connectivity index (χ4v) is 1.56. The number of amides is 1. The highest BCUT2D eigenvalue weighted by Gasteiger charge is 2.10. The SMILES string of the molecule is CC(N)CCC(=O)N(C)Cc1cccc(O)c1. The summed E-state index contributed by atoms with van der Waals surface area (Å²) < 4.78 is 0. The number of phenols is 1. The number of nitrogens with two attached hydrogens (primary N) is 1. The number of carbonyl (C=O) groups is 1. The van der Waals surface area contributed by atoms with E-state index in [-0.39, 0.29) is 17.7 Å². The summed E-state index contributed by atoms with van der Waals surface area (Å²) in [6.45, 7) is 2.40. The minimum Gasteiger partial charge on any atom is -0.508 e. The van der Waals surface area contributed by atoms with Crippen LogP contribution in [0.1, 0.15) is 25.3 Å². The maximum Gasteiger partial charge on any atom is 0.222 e. The number of phenolic OH excluding ortho intramolecular Hbond substituents is 1. The summed E-state index contributed by atoms with van der Waals surface area (Å²) in [4.78, 5) is 13.4. The van der Waals surface area contributed by atoms with Crippen LogP contribution in [0.3, 0.4) is 0 Å². The van der Waals surface area contributed by atoms with E-state index in [0.717, 1.165) is 5.56 Å². The zero-order valence-electron chi connectivity index (χ0n) is 10.4. The highest BCUT2D eigenvalue weighted by molar-refractivity contribution is 5.75. The Labute approximate surface area is 102 Å². The van der Waals surface area contributed by atoms with Crippen molar-refractivity contribution in [1.29, 1.82) is 0 Å². The Balaban J connectivity index is 2.48. The van der Waals surface area contributed by atoms with Gasteiger partial charge in [0.25, 0.3) is 0 Å². The van der Waals surface area contributed by atoms with Crippen molar-refractivity contribution >= 4 is 5.91 Å². The van der Waals surface area contributed by atoms with Crippen LogP contribution in [0.4, 0.5) is 0 Å². The normalized spacial score (nSPS) is 12.2. The Morgan fingerprint density at radius 3 is 2.82 bits per heavy atom. The number of carbonyl (C=O) groups excluding carboxylic acids is 1. The van der Waals surface area contributed by atoms with Crippen LogP contribution in [-0.2, 0) is 11.3 Å². The maximum absolute atomic E-state index is 11.7. The molecule has 1 amide bonds. The third-order valence-corrected chi connectivity index (χ3v) is 2.57. The maximum atomic E-state index is 11.7. The van der Waals surface area contributed by atoms with Gasteiger partial charge in [-0.05, 0) is 31.0 Å². The van der Waals surface area contributed by atoms with E-state index in [1.165, 1.54) is 0 Å². The fourth-order valence-electron chi connectivity index (χ4n) is 1.56. The molecule has 1 unspecified atom stereocenters. The molecule has 0 radical (unpaired) electrons. The van der Waals surface area contributed by atoms with Gasteiger partial charge in [-0.1, -0.05) is 12.1 Å². The van der Waals surface area contributed by atoms with Crippen molar-refractivity contribution in [1.82, 2.24) is 4.90 Å². The van der Waals surface area contributed by atoms with Crippen LogP contribution >= 0.6 is 0 Å². The van der Waals surface area contributed by atoms with Gasteiger partial charge in [0, 0.05) is 26.1 Å². The molecule has 0 heterocycles. The molecule has 4 nitrogen and oxygen atoms in total. The average molecular weight is 236 g/mol. The molecule has 0 aromatic heterocycles. The predicted octanol–water partition coefficient (Wildman–Crippen LogP) is 1.48. The van der Waals surface area contributed by atoms with Gasteiger partial charge in [0.2, 0.25) is 5.91 Å². The summed E-state index contributed by atoms with van der Waals surface area (Å²) in [5.74, 6) is 0.296. The van der Waals surface area contributed by atoms with Gasteiger partial charge >= 0.3 is 0 Å². The molecule has 94 valence electrons. The van der Waals surface area contributed by atoms with Crippen LogP contribution < -0.4 is 5.73 Å². The summed E-state index contributed by atoms with van der Waals surface area (Å²) >= 11 is 0. The molecule has 1 atom stereocenters. The molecule has 0 saturated heterocycles. The van der Waals surface area contributed by atoms with Crippen molar-refractivity contribution in [2.45, 2.75) is 32.4 Å². The van der Waals surface area contributed by atoms with Gasteiger partial charge in [0.1, 0.15) is 5.75 Å². The van der Waals surface area contributed by atoms with Crippen LogP contribution in [-0.4, -0.2) is 29.0 Å². The first-order valence-electron chi connectivity index (χ1n) is 5.76. The Morgan fingerprint density at radius 1 is 1.53 bits per heavy atom. The number of hydrogen-bond donors (Lipinski definition) is 2. The fraction of sp³-hybridized carbons (Fsp3) is 0.462.